The molecule has 0 aromatic rings. The second-order valence-electron chi connectivity index (χ2n) is 19.5. The molecule has 0 spiro atoms. The summed E-state index contributed by atoms with van der Waals surface area (Å²) in [5, 5.41) is 0. The lowest BCUT2D eigenvalue weighted by Gasteiger charge is -2.17. The highest BCUT2D eigenvalue weighted by molar-refractivity contribution is 5.81. The highest BCUT2D eigenvalue weighted by Gasteiger charge is 2.12. The standard InChI is InChI=1S/C57H112O2/c1-4-7-9-11-13-15-17-19-21-23-25-26-27-28-29-30-31-32-33-34-35-36-37-39-41-43-45-47-49-51-53-55-56(59-57(58)6-3)54-52-50-48-46-44-42-40-38-24-22-20-18-16-14-12-10-8-5-2/h6,56H,3-5,7-55H2,1-2H3. The molecule has 1 atom stereocenters. The van der Waals surface area contributed by atoms with Crippen LogP contribution in [0.15, 0.2) is 12.7 Å². The molecule has 0 rings (SSSR count). The Balaban J connectivity index is 3.42. The Bertz CT molecular complexity index is 775. The Morgan fingerprint density at radius 1 is 0.305 bits per heavy atom. The molecule has 0 radical (unpaired) electrons. The quantitative estimate of drug-likeness (QED) is 0.0347. The minimum Gasteiger partial charge on any atom is -0.459 e. The first-order valence-electron chi connectivity index (χ1n) is 28.1. The van der Waals surface area contributed by atoms with E-state index in [9.17, 15) is 4.79 Å². The van der Waals surface area contributed by atoms with Crippen molar-refractivity contribution in [2.75, 3.05) is 0 Å². The molecule has 0 amide bonds. The molecule has 0 N–H and O–H groups in total. The van der Waals surface area contributed by atoms with Crippen molar-refractivity contribution in [1.29, 1.82) is 0 Å². The average Bonchev–Trinajstić information content (AvgIpc) is 3.24. The minimum atomic E-state index is -0.238. The molecular weight excluding hydrogens is 717 g/mol. The summed E-state index contributed by atoms with van der Waals surface area (Å²) >= 11 is 0. The van der Waals surface area contributed by atoms with Crippen LogP contribution < -0.4 is 0 Å². The summed E-state index contributed by atoms with van der Waals surface area (Å²) < 4.78 is 5.74. The molecule has 352 valence electrons. The largest absolute Gasteiger partial charge is 0.459 e. The fourth-order valence-corrected chi connectivity index (χ4v) is 9.32. The van der Waals surface area contributed by atoms with Gasteiger partial charge in [0.15, 0.2) is 0 Å². The Morgan fingerprint density at radius 2 is 0.458 bits per heavy atom. The summed E-state index contributed by atoms with van der Waals surface area (Å²) in [4.78, 5) is 11.9. The third-order valence-corrected chi connectivity index (χ3v) is 13.5. The van der Waals surface area contributed by atoms with Gasteiger partial charge in [-0.3, -0.25) is 0 Å². The number of unbranched alkanes of at least 4 members (excludes halogenated alkanes) is 47. The maximum absolute atomic E-state index is 11.9. The van der Waals surface area contributed by atoms with Crippen LogP contribution in [0.25, 0.3) is 0 Å². The Kier molecular flexibility index (Phi) is 52.6. The van der Waals surface area contributed by atoms with E-state index in [4.69, 9.17) is 4.74 Å². The number of hydrogen-bond acceptors (Lipinski definition) is 2. The van der Waals surface area contributed by atoms with Gasteiger partial charge in [0.2, 0.25) is 0 Å². The lowest BCUT2D eigenvalue weighted by atomic mass is 10.0. The predicted octanol–water partition coefficient (Wildman–Crippen LogP) is 21.0. The molecule has 0 saturated carbocycles. The normalized spacial score (nSPS) is 12.0. The van der Waals surface area contributed by atoms with Crippen molar-refractivity contribution in [1.82, 2.24) is 0 Å². The zero-order chi connectivity index (χ0) is 42.6. The summed E-state index contributed by atoms with van der Waals surface area (Å²) in [5.41, 5.74) is 0. The first kappa shape index (κ1) is 58.2. The first-order chi connectivity index (χ1) is 29.2. The fourth-order valence-electron chi connectivity index (χ4n) is 9.32. The molecule has 59 heavy (non-hydrogen) atoms. The third-order valence-electron chi connectivity index (χ3n) is 13.5. The van der Waals surface area contributed by atoms with Gasteiger partial charge in [-0.05, 0) is 25.7 Å². The van der Waals surface area contributed by atoms with Crippen molar-refractivity contribution in [2.24, 2.45) is 0 Å². The van der Waals surface area contributed by atoms with E-state index >= 15 is 0 Å². The van der Waals surface area contributed by atoms with Crippen LogP contribution in [-0.4, -0.2) is 12.1 Å². The first-order valence-corrected chi connectivity index (χ1v) is 28.1. The van der Waals surface area contributed by atoms with Gasteiger partial charge in [0.05, 0.1) is 0 Å². The van der Waals surface area contributed by atoms with E-state index in [1.807, 2.05) is 0 Å². The summed E-state index contributed by atoms with van der Waals surface area (Å²) in [5.74, 6) is -0.238. The molecule has 1 unspecified atom stereocenters. The van der Waals surface area contributed by atoms with Crippen LogP contribution in [0, 0.1) is 0 Å². The molecule has 0 heterocycles. The smallest absolute Gasteiger partial charge is 0.330 e. The maximum atomic E-state index is 11.9. The summed E-state index contributed by atoms with van der Waals surface area (Å²) in [6.07, 6.45) is 73.3. The number of esters is 1. The van der Waals surface area contributed by atoms with E-state index in [2.05, 4.69) is 20.4 Å². The molecule has 0 bridgehead atoms. The van der Waals surface area contributed by atoms with Gasteiger partial charge in [-0.25, -0.2) is 4.79 Å². The molecule has 2 heteroatoms. The van der Waals surface area contributed by atoms with Crippen molar-refractivity contribution in [3.05, 3.63) is 12.7 Å². The van der Waals surface area contributed by atoms with Crippen LogP contribution in [0.3, 0.4) is 0 Å². The van der Waals surface area contributed by atoms with Gasteiger partial charge in [-0.2, -0.15) is 0 Å². The van der Waals surface area contributed by atoms with Crippen LogP contribution in [0.1, 0.15) is 341 Å². The molecule has 0 aliphatic heterocycles. The summed E-state index contributed by atoms with van der Waals surface area (Å²) in [6, 6.07) is 0. The topological polar surface area (TPSA) is 26.3 Å². The van der Waals surface area contributed by atoms with Crippen LogP contribution in [0.5, 0.6) is 0 Å². The predicted molar refractivity (Wildman–Crippen MR) is 267 cm³/mol. The average molecular weight is 830 g/mol. The zero-order valence-corrected chi connectivity index (χ0v) is 41.2. The van der Waals surface area contributed by atoms with Crippen molar-refractivity contribution < 1.29 is 9.53 Å². The molecule has 0 aliphatic rings. The fraction of sp³-hybridized carbons (Fsp3) is 0.947. The second kappa shape index (κ2) is 53.3. The molecule has 0 aromatic carbocycles. The van der Waals surface area contributed by atoms with E-state index < -0.39 is 0 Å². The third kappa shape index (κ3) is 51.5. The van der Waals surface area contributed by atoms with Gasteiger partial charge in [0, 0.05) is 6.08 Å². The van der Waals surface area contributed by atoms with E-state index in [-0.39, 0.29) is 12.1 Å². The monoisotopic (exact) mass is 829 g/mol. The Hall–Kier alpha value is -0.790. The highest BCUT2D eigenvalue weighted by atomic mass is 16.5. The van der Waals surface area contributed by atoms with Crippen molar-refractivity contribution >= 4 is 5.97 Å². The van der Waals surface area contributed by atoms with Crippen LogP contribution in [0.2, 0.25) is 0 Å². The van der Waals surface area contributed by atoms with E-state index in [0.717, 1.165) is 12.8 Å². The number of carbonyl (C=O) groups is 1. The molecule has 0 aliphatic carbocycles. The highest BCUT2D eigenvalue weighted by Crippen LogP contribution is 2.20. The minimum absolute atomic E-state index is 0.0882. The van der Waals surface area contributed by atoms with Crippen molar-refractivity contribution in [2.45, 2.75) is 347 Å². The Morgan fingerprint density at radius 3 is 0.610 bits per heavy atom. The summed E-state index contributed by atoms with van der Waals surface area (Å²) in [7, 11) is 0. The summed E-state index contributed by atoms with van der Waals surface area (Å²) in [6.45, 7) is 8.24. The van der Waals surface area contributed by atoms with Crippen LogP contribution in [0.4, 0.5) is 0 Å². The van der Waals surface area contributed by atoms with Gasteiger partial charge in [-0.1, -0.05) is 322 Å². The number of rotatable bonds is 53. The number of hydrogen-bond donors (Lipinski definition) is 0. The number of carbonyl (C=O) groups excluding carboxylic acids is 1. The van der Waals surface area contributed by atoms with Gasteiger partial charge in [-0.15, -0.1) is 0 Å². The van der Waals surface area contributed by atoms with E-state index in [1.54, 1.807) is 0 Å². The van der Waals surface area contributed by atoms with Gasteiger partial charge in [0.25, 0.3) is 0 Å². The van der Waals surface area contributed by atoms with E-state index in [1.165, 1.54) is 321 Å². The lowest BCUT2D eigenvalue weighted by molar-refractivity contribution is -0.143. The van der Waals surface area contributed by atoms with Crippen LogP contribution in [-0.2, 0) is 9.53 Å². The van der Waals surface area contributed by atoms with Gasteiger partial charge >= 0.3 is 5.97 Å². The van der Waals surface area contributed by atoms with E-state index in [0.29, 0.717) is 0 Å². The van der Waals surface area contributed by atoms with Crippen LogP contribution >= 0.6 is 0 Å². The van der Waals surface area contributed by atoms with Crippen molar-refractivity contribution in [3.63, 3.8) is 0 Å². The van der Waals surface area contributed by atoms with Gasteiger partial charge < -0.3 is 4.74 Å². The zero-order valence-electron chi connectivity index (χ0n) is 41.2. The van der Waals surface area contributed by atoms with Crippen molar-refractivity contribution in [3.8, 4) is 0 Å². The molecular formula is C57H112O2. The molecule has 2 nitrogen and oxygen atoms in total. The number of ether oxygens (including phenoxy) is 1. The molecule has 0 fully saturated rings. The Labute approximate surface area is 374 Å². The molecule has 0 saturated heterocycles. The lowest BCUT2D eigenvalue weighted by Crippen LogP contribution is -2.16. The SMILES string of the molecule is C=CC(=O)OC(CCCCCCCCCCCCCCCCCCCC)CCCCCCCCCCCCCCCCCCCCCCCCCCCCCCCCC. The second-order valence-corrected chi connectivity index (χ2v) is 19.5. The molecule has 0 aromatic heterocycles. The van der Waals surface area contributed by atoms with Gasteiger partial charge in [0.1, 0.15) is 6.10 Å². The maximum Gasteiger partial charge on any atom is 0.330 e.